The fourth-order valence-electron chi connectivity index (χ4n) is 2.68. The van der Waals surface area contributed by atoms with E-state index in [0.29, 0.717) is 35.8 Å². The van der Waals surface area contributed by atoms with Crippen molar-refractivity contribution in [3.05, 3.63) is 70.2 Å². The van der Waals surface area contributed by atoms with Crippen LogP contribution in [0.5, 0.6) is 0 Å². The third-order valence-electron chi connectivity index (χ3n) is 4.27. The van der Waals surface area contributed by atoms with Gasteiger partial charge < -0.3 is 9.80 Å². The molecule has 0 radical (unpaired) electrons. The van der Waals surface area contributed by atoms with Crippen LogP contribution < -0.4 is 0 Å². The first-order valence-corrected chi connectivity index (χ1v) is 11.2. The number of nitrogens with zero attached hydrogens (tertiary/aromatic N) is 3. The molecule has 0 unspecified atom stereocenters. The second-order valence-corrected chi connectivity index (χ2v) is 9.59. The molecule has 0 atom stereocenters. The number of benzene rings is 2. The van der Waals surface area contributed by atoms with E-state index in [1.54, 1.807) is 41.3 Å². The quantitative estimate of drug-likeness (QED) is 0.607. The number of nitriles is 1. The van der Waals surface area contributed by atoms with Gasteiger partial charge in [-0.2, -0.15) is 5.26 Å². The largest absolute Gasteiger partial charge is 0.336 e. The Hall–Kier alpha value is -2.40. The minimum absolute atomic E-state index is 0.243. The molecule has 0 aliphatic rings. The molecule has 6 nitrogen and oxygen atoms in total. The van der Waals surface area contributed by atoms with Crippen molar-refractivity contribution in [1.29, 1.82) is 5.26 Å². The minimum Gasteiger partial charge on any atom is -0.336 e. The van der Waals surface area contributed by atoms with E-state index < -0.39 is 21.5 Å². The number of rotatable bonds is 9. The summed E-state index contributed by atoms with van der Waals surface area (Å²) in [6, 6.07) is 15.4. The van der Waals surface area contributed by atoms with Crippen molar-refractivity contribution in [2.45, 2.75) is 12.3 Å². The van der Waals surface area contributed by atoms with Crippen LogP contribution in [-0.2, 0) is 26.9 Å². The molecule has 0 spiro atoms. The summed E-state index contributed by atoms with van der Waals surface area (Å²) in [5, 5.41) is 9.44. The highest BCUT2D eigenvalue weighted by molar-refractivity contribution is 7.91. The first-order chi connectivity index (χ1) is 13.7. The third kappa shape index (κ3) is 7.86. The summed E-state index contributed by atoms with van der Waals surface area (Å²) in [6.07, 6.45) is 0. The normalized spacial score (nSPS) is 11.3. The minimum atomic E-state index is -3.64. The van der Waals surface area contributed by atoms with Gasteiger partial charge in [-0.1, -0.05) is 35.9 Å². The summed E-state index contributed by atoms with van der Waals surface area (Å²) in [4.78, 5) is 16.3. The molecule has 0 aliphatic heterocycles. The molecule has 0 bridgehead atoms. The predicted molar refractivity (Wildman–Crippen MR) is 114 cm³/mol. The fraction of sp³-hybridized carbons (Fsp3) is 0.333. The second kappa shape index (κ2) is 10.4. The zero-order valence-corrected chi connectivity index (χ0v) is 18.1. The van der Waals surface area contributed by atoms with Crippen molar-refractivity contribution < 1.29 is 13.2 Å². The van der Waals surface area contributed by atoms with Gasteiger partial charge in [-0.25, -0.2) is 8.42 Å². The standard InChI is InChI=1S/C21H24ClN3O3S/c1-24(2)11-12-25(14-18-7-9-20(22)10-8-18)21(26)16-29(27,28)15-19-5-3-17(13-23)4-6-19/h3-10H,11-12,14-16H2,1-2H3. The maximum Gasteiger partial charge on any atom is 0.238 e. The average Bonchev–Trinajstić information content (AvgIpc) is 2.66. The van der Waals surface area contributed by atoms with E-state index in [1.807, 2.05) is 37.2 Å². The Morgan fingerprint density at radius 1 is 1.00 bits per heavy atom. The van der Waals surface area contributed by atoms with Gasteiger partial charge in [-0.05, 0) is 49.5 Å². The van der Waals surface area contributed by atoms with E-state index in [9.17, 15) is 13.2 Å². The number of carbonyl (C=O) groups is 1. The van der Waals surface area contributed by atoms with Gasteiger partial charge in [0.2, 0.25) is 5.91 Å². The molecule has 0 aliphatic carbocycles. The number of sulfone groups is 1. The molecule has 0 aromatic heterocycles. The van der Waals surface area contributed by atoms with E-state index in [2.05, 4.69) is 0 Å². The van der Waals surface area contributed by atoms with Crippen LogP contribution >= 0.6 is 11.6 Å². The maximum absolute atomic E-state index is 12.8. The van der Waals surface area contributed by atoms with Crippen LogP contribution in [0.3, 0.4) is 0 Å². The Kier molecular flexibility index (Phi) is 8.21. The second-order valence-electron chi connectivity index (χ2n) is 7.09. The Balaban J connectivity index is 2.09. The molecule has 0 heterocycles. The van der Waals surface area contributed by atoms with Gasteiger partial charge in [0.25, 0.3) is 0 Å². The highest BCUT2D eigenvalue weighted by Crippen LogP contribution is 2.13. The summed E-state index contributed by atoms with van der Waals surface area (Å²) >= 11 is 5.91. The third-order valence-corrected chi connectivity index (χ3v) is 5.98. The van der Waals surface area contributed by atoms with E-state index in [4.69, 9.17) is 16.9 Å². The Morgan fingerprint density at radius 3 is 2.14 bits per heavy atom. The van der Waals surface area contributed by atoms with Crippen LogP contribution in [0.1, 0.15) is 16.7 Å². The number of hydrogen-bond acceptors (Lipinski definition) is 5. The molecule has 2 aromatic rings. The summed E-state index contributed by atoms with van der Waals surface area (Å²) < 4.78 is 25.1. The van der Waals surface area contributed by atoms with Gasteiger partial charge in [-0.15, -0.1) is 0 Å². The topological polar surface area (TPSA) is 81.5 Å². The lowest BCUT2D eigenvalue weighted by Crippen LogP contribution is -2.39. The van der Waals surface area contributed by atoms with Crippen molar-refractivity contribution in [2.75, 3.05) is 32.9 Å². The van der Waals surface area contributed by atoms with E-state index in [0.717, 1.165) is 5.56 Å². The lowest BCUT2D eigenvalue weighted by atomic mass is 10.2. The summed E-state index contributed by atoms with van der Waals surface area (Å²) in [5.74, 6) is -1.24. The molecule has 2 rings (SSSR count). The summed E-state index contributed by atoms with van der Waals surface area (Å²) in [7, 11) is 0.146. The van der Waals surface area contributed by atoms with Gasteiger partial charge in [0.05, 0.1) is 17.4 Å². The maximum atomic E-state index is 12.8. The first-order valence-electron chi connectivity index (χ1n) is 9.05. The summed E-state index contributed by atoms with van der Waals surface area (Å²) in [5.41, 5.74) is 1.89. The molecule has 1 amide bonds. The van der Waals surface area contributed by atoms with E-state index >= 15 is 0 Å². The Bertz CT molecular complexity index is 966. The van der Waals surface area contributed by atoms with Crippen molar-refractivity contribution >= 4 is 27.3 Å². The number of amides is 1. The first kappa shape index (κ1) is 22.9. The molecule has 29 heavy (non-hydrogen) atoms. The predicted octanol–water partition coefficient (Wildman–Crippen LogP) is 2.72. The molecule has 154 valence electrons. The number of carbonyl (C=O) groups excluding carboxylic acids is 1. The van der Waals surface area contributed by atoms with Crippen molar-refractivity contribution in [2.24, 2.45) is 0 Å². The molecular formula is C21H24ClN3O3S. The number of hydrogen-bond donors (Lipinski definition) is 0. The number of likely N-dealkylation sites (N-methyl/N-ethyl adjacent to an activating group) is 1. The van der Waals surface area contributed by atoms with Gasteiger partial charge in [0.1, 0.15) is 5.75 Å². The molecule has 0 fully saturated rings. The lowest BCUT2D eigenvalue weighted by Gasteiger charge is -2.24. The average molecular weight is 434 g/mol. The van der Waals surface area contributed by atoms with E-state index in [1.165, 1.54) is 0 Å². The molecular weight excluding hydrogens is 410 g/mol. The van der Waals surface area contributed by atoms with Crippen molar-refractivity contribution in [3.8, 4) is 6.07 Å². The van der Waals surface area contributed by atoms with Crippen LogP contribution in [-0.4, -0.2) is 57.1 Å². The Labute approximate surface area is 177 Å². The fourth-order valence-corrected chi connectivity index (χ4v) is 4.17. The van der Waals surface area contributed by atoms with Crippen LogP contribution in [0.2, 0.25) is 5.02 Å². The smallest absolute Gasteiger partial charge is 0.238 e. The zero-order valence-electron chi connectivity index (χ0n) is 16.5. The molecule has 2 aromatic carbocycles. The van der Waals surface area contributed by atoms with E-state index in [-0.39, 0.29) is 5.75 Å². The monoisotopic (exact) mass is 433 g/mol. The van der Waals surface area contributed by atoms with Crippen LogP contribution in [0, 0.1) is 11.3 Å². The molecule has 8 heteroatoms. The van der Waals surface area contributed by atoms with Gasteiger partial charge in [-0.3, -0.25) is 4.79 Å². The van der Waals surface area contributed by atoms with Crippen LogP contribution in [0.4, 0.5) is 0 Å². The SMILES string of the molecule is CN(C)CCN(Cc1ccc(Cl)cc1)C(=O)CS(=O)(=O)Cc1ccc(C#N)cc1. The lowest BCUT2D eigenvalue weighted by molar-refractivity contribution is -0.129. The van der Waals surface area contributed by atoms with Gasteiger partial charge >= 0.3 is 0 Å². The Morgan fingerprint density at radius 2 is 1.59 bits per heavy atom. The van der Waals surface area contributed by atoms with Crippen LogP contribution in [0.25, 0.3) is 0 Å². The summed E-state index contributed by atoms with van der Waals surface area (Å²) in [6.45, 7) is 1.35. The van der Waals surface area contributed by atoms with Gasteiger partial charge in [0, 0.05) is 24.7 Å². The molecule has 0 saturated heterocycles. The highest BCUT2D eigenvalue weighted by atomic mass is 35.5. The zero-order chi connectivity index (χ0) is 21.4. The van der Waals surface area contributed by atoms with Crippen molar-refractivity contribution in [3.63, 3.8) is 0 Å². The molecule has 0 N–H and O–H groups in total. The highest BCUT2D eigenvalue weighted by Gasteiger charge is 2.22. The van der Waals surface area contributed by atoms with Crippen molar-refractivity contribution in [1.82, 2.24) is 9.80 Å². The van der Waals surface area contributed by atoms with Gasteiger partial charge in [0.15, 0.2) is 9.84 Å². The number of halogens is 1. The molecule has 0 saturated carbocycles. The van der Waals surface area contributed by atoms with Crippen LogP contribution in [0.15, 0.2) is 48.5 Å².